The molecule has 0 bridgehead atoms. The summed E-state index contributed by atoms with van der Waals surface area (Å²) in [5.41, 5.74) is 3.03. The maximum Gasteiger partial charge on any atom is 0.253 e. The number of carbonyl (C=O) groups is 1. The average molecular weight is 401 g/mol. The number of ether oxygens (including phenoxy) is 2. The fraction of sp³-hybridized carbons (Fsp3) is 0.100. The number of aromatic nitrogens is 1. The Morgan fingerprint density at radius 2 is 1.81 bits per heavy atom. The first-order valence-electron chi connectivity index (χ1n) is 8.17. The van der Waals surface area contributed by atoms with Crippen molar-refractivity contribution < 1.29 is 14.3 Å². The highest BCUT2D eigenvalue weighted by atomic mass is 35.5. The Morgan fingerprint density at radius 1 is 0.963 bits per heavy atom. The van der Waals surface area contributed by atoms with Gasteiger partial charge in [-0.15, -0.1) is 0 Å². The Labute approximate surface area is 165 Å². The van der Waals surface area contributed by atoms with Crippen LogP contribution in [0.5, 0.6) is 11.5 Å². The van der Waals surface area contributed by atoms with Gasteiger partial charge in [0.25, 0.3) is 5.91 Å². The van der Waals surface area contributed by atoms with E-state index in [1.165, 1.54) is 6.20 Å². The maximum atomic E-state index is 12.5. The van der Waals surface area contributed by atoms with Gasteiger partial charge in [0, 0.05) is 24.5 Å². The molecule has 0 radical (unpaired) electrons. The van der Waals surface area contributed by atoms with Gasteiger partial charge < -0.3 is 14.8 Å². The van der Waals surface area contributed by atoms with E-state index in [1.54, 1.807) is 24.4 Å². The van der Waals surface area contributed by atoms with E-state index in [4.69, 9.17) is 32.7 Å². The third-order valence-electron chi connectivity index (χ3n) is 4.14. The quantitative estimate of drug-likeness (QED) is 0.688. The molecule has 4 rings (SSSR count). The molecule has 27 heavy (non-hydrogen) atoms. The van der Waals surface area contributed by atoms with Crippen LogP contribution in [0.25, 0.3) is 11.1 Å². The van der Waals surface area contributed by atoms with Crippen molar-refractivity contribution >= 4 is 29.1 Å². The standard InChI is InChI=1S/C20H14Cl2N2O3/c21-16-3-1-12(5-17(16)22)8-24-20(25)15-6-14(9-23-10-15)13-2-4-18-19(7-13)27-11-26-18/h1-7,9-10H,8,11H2,(H,24,25). The predicted octanol–water partition coefficient (Wildman–Crippen LogP) is 4.71. The maximum absolute atomic E-state index is 12.5. The number of pyridine rings is 1. The van der Waals surface area contributed by atoms with Crippen LogP contribution in [0.15, 0.2) is 54.9 Å². The van der Waals surface area contributed by atoms with Crippen LogP contribution in [0.1, 0.15) is 15.9 Å². The van der Waals surface area contributed by atoms with Crippen molar-refractivity contribution in [2.45, 2.75) is 6.54 Å². The van der Waals surface area contributed by atoms with Crippen LogP contribution in [0, 0.1) is 0 Å². The van der Waals surface area contributed by atoms with E-state index in [9.17, 15) is 4.79 Å². The summed E-state index contributed by atoms with van der Waals surface area (Å²) in [7, 11) is 0. The molecule has 1 aliphatic heterocycles. The highest BCUT2D eigenvalue weighted by Gasteiger charge is 2.15. The number of halogens is 2. The van der Waals surface area contributed by atoms with Crippen LogP contribution < -0.4 is 14.8 Å². The Hall–Kier alpha value is -2.76. The molecular formula is C20H14Cl2N2O3. The Kier molecular flexibility index (Phi) is 4.88. The van der Waals surface area contributed by atoms with Crippen LogP contribution in [-0.2, 0) is 6.54 Å². The molecule has 0 saturated carbocycles. The molecule has 1 aromatic heterocycles. The van der Waals surface area contributed by atoms with E-state index in [1.807, 2.05) is 24.3 Å². The van der Waals surface area contributed by atoms with Crippen molar-refractivity contribution in [2.24, 2.45) is 0 Å². The lowest BCUT2D eigenvalue weighted by Crippen LogP contribution is -2.22. The van der Waals surface area contributed by atoms with E-state index >= 15 is 0 Å². The number of benzene rings is 2. The number of amides is 1. The Balaban J connectivity index is 1.50. The predicted molar refractivity (Wildman–Crippen MR) is 103 cm³/mol. The third-order valence-corrected chi connectivity index (χ3v) is 4.88. The van der Waals surface area contributed by atoms with Crippen molar-refractivity contribution in [3.63, 3.8) is 0 Å². The minimum absolute atomic E-state index is 0.216. The lowest BCUT2D eigenvalue weighted by Gasteiger charge is -2.08. The zero-order valence-electron chi connectivity index (χ0n) is 14.0. The van der Waals surface area contributed by atoms with Gasteiger partial charge in [-0.3, -0.25) is 9.78 Å². The van der Waals surface area contributed by atoms with Crippen LogP contribution in [0.2, 0.25) is 10.0 Å². The van der Waals surface area contributed by atoms with E-state index in [-0.39, 0.29) is 12.7 Å². The Bertz CT molecular complexity index is 1020. The summed E-state index contributed by atoms with van der Waals surface area (Å²) >= 11 is 11.9. The van der Waals surface area contributed by atoms with Gasteiger partial charge in [0.2, 0.25) is 6.79 Å². The van der Waals surface area contributed by atoms with Gasteiger partial charge in [-0.25, -0.2) is 0 Å². The second-order valence-electron chi connectivity index (χ2n) is 5.96. The fourth-order valence-electron chi connectivity index (χ4n) is 2.73. The number of carbonyl (C=O) groups excluding carboxylic acids is 1. The number of fused-ring (bicyclic) bond motifs is 1. The molecule has 0 aliphatic carbocycles. The van der Waals surface area contributed by atoms with Crippen LogP contribution >= 0.6 is 23.2 Å². The second-order valence-corrected chi connectivity index (χ2v) is 6.78. The molecule has 2 aromatic carbocycles. The number of hydrogen-bond donors (Lipinski definition) is 1. The van der Waals surface area contributed by atoms with Gasteiger partial charge in [-0.1, -0.05) is 35.3 Å². The SMILES string of the molecule is O=C(NCc1ccc(Cl)c(Cl)c1)c1cncc(-c2ccc3c(c2)OCO3)c1. The Morgan fingerprint density at radius 3 is 2.67 bits per heavy atom. The molecule has 0 spiro atoms. The summed E-state index contributed by atoms with van der Waals surface area (Å²) < 4.78 is 10.7. The number of hydrogen-bond acceptors (Lipinski definition) is 4. The van der Waals surface area contributed by atoms with Gasteiger partial charge >= 0.3 is 0 Å². The highest BCUT2D eigenvalue weighted by molar-refractivity contribution is 6.42. The summed E-state index contributed by atoms with van der Waals surface area (Å²) in [6.45, 7) is 0.554. The molecule has 1 aliphatic rings. The fourth-order valence-corrected chi connectivity index (χ4v) is 3.05. The molecular weight excluding hydrogens is 387 g/mol. The number of nitrogens with zero attached hydrogens (tertiary/aromatic N) is 1. The number of nitrogens with one attached hydrogen (secondary N) is 1. The van der Waals surface area contributed by atoms with Crippen LogP contribution in [0.4, 0.5) is 0 Å². The van der Waals surface area contributed by atoms with E-state index < -0.39 is 0 Å². The molecule has 1 N–H and O–H groups in total. The zero-order chi connectivity index (χ0) is 18.8. The van der Waals surface area contributed by atoms with Gasteiger partial charge in [0.1, 0.15) is 0 Å². The van der Waals surface area contributed by atoms with Gasteiger partial charge in [0.05, 0.1) is 15.6 Å². The van der Waals surface area contributed by atoms with Crippen molar-refractivity contribution in [1.82, 2.24) is 10.3 Å². The lowest BCUT2D eigenvalue weighted by molar-refractivity contribution is 0.0950. The summed E-state index contributed by atoms with van der Waals surface area (Å²) in [5.74, 6) is 1.17. The normalized spacial score (nSPS) is 12.1. The summed E-state index contributed by atoms with van der Waals surface area (Å²) in [6.07, 6.45) is 3.23. The van der Waals surface area contributed by atoms with Crippen LogP contribution in [0.3, 0.4) is 0 Å². The third kappa shape index (κ3) is 3.84. The molecule has 0 unspecified atom stereocenters. The first kappa shape index (κ1) is 17.6. The molecule has 3 aromatic rings. The summed E-state index contributed by atoms with van der Waals surface area (Å²) in [5, 5.41) is 3.79. The molecule has 5 nitrogen and oxygen atoms in total. The molecule has 0 fully saturated rings. The van der Waals surface area contributed by atoms with E-state index in [0.29, 0.717) is 33.7 Å². The first-order valence-corrected chi connectivity index (χ1v) is 8.93. The number of rotatable bonds is 4. The van der Waals surface area contributed by atoms with Gasteiger partial charge in [0.15, 0.2) is 11.5 Å². The van der Waals surface area contributed by atoms with Gasteiger partial charge in [-0.2, -0.15) is 0 Å². The first-order chi connectivity index (χ1) is 13.1. The second kappa shape index (κ2) is 7.47. The van der Waals surface area contributed by atoms with E-state index in [2.05, 4.69) is 10.3 Å². The monoisotopic (exact) mass is 400 g/mol. The molecule has 2 heterocycles. The lowest BCUT2D eigenvalue weighted by atomic mass is 10.1. The van der Waals surface area contributed by atoms with Crippen LogP contribution in [-0.4, -0.2) is 17.7 Å². The minimum atomic E-state index is -0.226. The van der Waals surface area contributed by atoms with Crippen molar-refractivity contribution in [1.29, 1.82) is 0 Å². The molecule has 0 saturated heterocycles. The summed E-state index contributed by atoms with van der Waals surface area (Å²) in [4.78, 5) is 16.7. The average Bonchev–Trinajstić information content (AvgIpc) is 3.16. The molecule has 136 valence electrons. The highest BCUT2D eigenvalue weighted by Crippen LogP contribution is 2.35. The van der Waals surface area contributed by atoms with Crippen molar-refractivity contribution in [3.05, 3.63) is 76.0 Å². The topological polar surface area (TPSA) is 60.5 Å². The van der Waals surface area contributed by atoms with Gasteiger partial charge in [-0.05, 0) is 41.5 Å². The zero-order valence-corrected chi connectivity index (χ0v) is 15.6. The minimum Gasteiger partial charge on any atom is -0.454 e. The van der Waals surface area contributed by atoms with Crippen molar-refractivity contribution in [2.75, 3.05) is 6.79 Å². The molecule has 7 heteroatoms. The van der Waals surface area contributed by atoms with E-state index in [0.717, 1.165) is 16.7 Å². The molecule has 1 amide bonds. The smallest absolute Gasteiger partial charge is 0.253 e. The molecule has 0 atom stereocenters. The largest absolute Gasteiger partial charge is 0.454 e. The summed E-state index contributed by atoms with van der Waals surface area (Å²) in [6, 6.07) is 12.6. The van der Waals surface area contributed by atoms with Crippen molar-refractivity contribution in [3.8, 4) is 22.6 Å².